The zero-order valence-corrected chi connectivity index (χ0v) is 11.3. The van der Waals surface area contributed by atoms with Crippen LogP contribution in [0.15, 0.2) is 24.3 Å². The Balaban J connectivity index is 1.90. The molecule has 1 aromatic heterocycles. The number of tetrazole rings is 1. The van der Waals surface area contributed by atoms with Crippen LogP contribution in [0.5, 0.6) is 0 Å². The molecule has 0 saturated heterocycles. The number of H-pyrrole nitrogens is 1. The van der Waals surface area contributed by atoms with Crippen molar-refractivity contribution in [3.05, 3.63) is 35.7 Å². The first-order chi connectivity index (χ1) is 9.69. The van der Waals surface area contributed by atoms with E-state index in [-0.39, 0.29) is 18.6 Å². The average Bonchev–Trinajstić information content (AvgIpc) is 2.98. The molecular weight excluding hydrogens is 258 g/mol. The van der Waals surface area contributed by atoms with Crippen LogP contribution in [-0.2, 0) is 6.54 Å². The van der Waals surface area contributed by atoms with Crippen molar-refractivity contribution in [3.8, 4) is 0 Å². The summed E-state index contributed by atoms with van der Waals surface area (Å²) >= 11 is 0. The van der Waals surface area contributed by atoms with E-state index in [1.165, 1.54) is 0 Å². The van der Waals surface area contributed by atoms with Crippen LogP contribution in [0.3, 0.4) is 0 Å². The monoisotopic (exact) mass is 275 g/mol. The van der Waals surface area contributed by atoms with Crippen molar-refractivity contribution < 1.29 is 4.79 Å². The molecule has 8 nitrogen and oxygen atoms in total. The fourth-order valence-corrected chi connectivity index (χ4v) is 1.64. The van der Waals surface area contributed by atoms with Crippen molar-refractivity contribution in [2.75, 3.05) is 12.4 Å². The van der Waals surface area contributed by atoms with Gasteiger partial charge in [-0.15, -0.1) is 10.2 Å². The number of benzene rings is 1. The number of urea groups is 1. The molecule has 0 radical (unpaired) electrons. The van der Waals surface area contributed by atoms with E-state index in [4.69, 9.17) is 0 Å². The lowest BCUT2D eigenvalue weighted by Gasteiger charge is -2.12. The van der Waals surface area contributed by atoms with E-state index in [2.05, 4.69) is 43.5 Å². The van der Waals surface area contributed by atoms with Crippen LogP contribution in [0.25, 0.3) is 0 Å². The highest BCUT2D eigenvalue weighted by molar-refractivity contribution is 5.89. The van der Waals surface area contributed by atoms with E-state index in [0.29, 0.717) is 5.82 Å². The molecule has 2 rings (SSSR count). The Labute approximate surface area is 116 Å². The standard InChI is InChI=1S/C12H17N7O/c1-8(13-2)9-4-3-5-10(6-9)15-12(20)14-7-11-16-18-19-17-11/h3-6,8,13H,7H2,1-2H3,(H2,14,15,20)(H,16,17,18,19). The second-order valence-electron chi connectivity index (χ2n) is 4.27. The van der Waals surface area contributed by atoms with Gasteiger partial charge in [-0.05, 0) is 31.7 Å². The Morgan fingerprint density at radius 2 is 2.30 bits per heavy atom. The van der Waals surface area contributed by atoms with Gasteiger partial charge >= 0.3 is 6.03 Å². The molecule has 4 N–H and O–H groups in total. The summed E-state index contributed by atoms with van der Waals surface area (Å²) in [5.74, 6) is 0.428. The molecule has 20 heavy (non-hydrogen) atoms. The second-order valence-corrected chi connectivity index (χ2v) is 4.27. The number of rotatable bonds is 5. The predicted octanol–water partition coefficient (Wildman–Crippen LogP) is 0.802. The minimum Gasteiger partial charge on any atom is -0.330 e. The molecule has 1 unspecified atom stereocenters. The van der Waals surface area contributed by atoms with Gasteiger partial charge < -0.3 is 16.0 Å². The molecule has 106 valence electrons. The molecule has 8 heteroatoms. The Bertz CT molecular complexity index is 555. The van der Waals surface area contributed by atoms with Crippen LogP contribution in [0.1, 0.15) is 24.4 Å². The fourth-order valence-electron chi connectivity index (χ4n) is 1.64. The summed E-state index contributed by atoms with van der Waals surface area (Å²) in [5.41, 5.74) is 1.83. The van der Waals surface area contributed by atoms with E-state index >= 15 is 0 Å². The lowest BCUT2D eigenvalue weighted by atomic mass is 10.1. The molecule has 0 bridgehead atoms. The van der Waals surface area contributed by atoms with E-state index in [9.17, 15) is 4.79 Å². The van der Waals surface area contributed by atoms with Crippen molar-refractivity contribution in [1.82, 2.24) is 31.3 Å². The molecule has 1 atom stereocenters. The van der Waals surface area contributed by atoms with Crippen molar-refractivity contribution in [2.45, 2.75) is 19.5 Å². The summed E-state index contributed by atoms with van der Waals surface area (Å²) in [7, 11) is 1.89. The molecule has 1 heterocycles. The highest BCUT2D eigenvalue weighted by Crippen LogP contribution is 2.16. The van der Waals surface area contributed by atoms with Gasteiger partial charge in [-0.1, -0.05) is 17.3 Å². The Kier molecular flexibility index (Phi) is 4.61. The van der Waals surface area contributed by atoms with Crippen molar-refractivity contribution >= 4 is 11.7 Å². The maximum Gasteiger partial charge on any atom is 0.319 e. The molecule has 0 aliphatic carbocycles. The summed E-state index contributed by atoms with van der Waals surface area (Å²) in [5, 5.41) is 21.8. The van der Waals surface area contributed by atoms with E-state index in [0.717, 1.165) is 11.3 Å². The van der Waals surface area contributed by atoms with Gasteiger partial charge in [0.25, 0.3) is 0 Å². The topological polar surface area (TPSA) is 108 Å². The normalized spacial score (nSPS) is 11.9. The Hall–Kier alpha value is -2.48. The SMILES string of the molecule is CNC(C)c1cccc(NC(=O)NCc2nn[nH]n2)c1. The van der Waals surface area contributed by atoms with E-state index < -0.39 is 0 Å². The maximum absolute atomic E-state index is 11.7. The highest BCUT2D eigenvalue weighted by Gasteiger charge is 2.06. The second kappa shape index (κ2) is 6.62. The number of carbonyl (C=O) groups is 1. The number of aromatic nitrogens is 4. The molecule has 2 amide bonds. The largest absolute Gasteiger partial charge is 0.330 e. The molecule has 2 aromatic rings. The number of carbonyl (C=O) groups excluding carboxylic acids is 1. The quantitative estimate of drug-likeness (QED) is 0.645. The number of hydrogen-bond donors (Lipinski definition) is 4. The van der Waals surface area contributed by atoms with Gasteiger partial charge in [0.1, 0.15) is 0 Å². The van der Waals surface area contributed by atoms with Crippen molar-refractivity contribution in [1.29, 1.82) is 0 Å². The molecule has 0 aliphatic rings. The molecule has 0 saturated carbocycles. The third-order valence-corrected chi connectivity index (χ3v) is 2.87. The van der Waals surface area contributed by atoms with Crippen LogP contribution in [0.4, 0.5) is 10.5 Å². The smallest absolute Gasteiger partial charge is 0.319 e. The first-order valence-electron chi connectivity index (χ1n) is 6.23. The zero-order valence-electron chi connectivity index (χ0n) is 11.3. The molecule has 0 spiro atoms. The summed E-state index contributed by atoms with van der Waals surface area (Å²) in [6.45, 7) is 2.27. The third-order valence-electron chi connectivity index (χ3n) is 2.87. The molecule has 1 aromatic carbocycles. The van der Waals surface area contributed by atoms with Gasteiger partial charge in [-0.25, -0.2) is 4.79 Å². The number of nitrogens with one attached hydrogen (secondary N) is 4. The van der Waals surface area contributed by atoms with Crippen LogP contribution in [0, 0.1) is 0 Å². The van der Waals surface area contributed by atoms with Gasteiger partial charge in [0, 0.05) is 11.7 Å². The van der Waals surface area contributed by atoms with E-state index in [1.54, 1.807) is 0 Å². The lowest BCUT2D eigenvalue weighted by molar-refractivity contribution is 0.251. The number of hydrogen-bond acceptors (Lipinski definition) is 5. The number of anilines is 1. The van der Waals surface area contributed by atoms with Crippen LogP contribution >= 0.6 is 0 Å². The molecular formula is C12H17N7O. The van der Waals surface area contributed by atoms with Gasteiger partial charge in [0.2, 0.25) is 0 Å². The first kappa shape index (κ1) is 13.9. The van der Waals surface area contributed by atoms with Crippen LogP contribution in [-0.4, -0.2) is 33.7 Å². The number of aromatic amines is 1. The lowest BCUT2D eigenvalue weighted by Crippen LogP contribution is -2.28. The van der Waals surface area contributed by atoms with Gasteiger partial charge in [-0.3, -0.25) is 0 Å². The minimum absolute atomic E-state index is 0.217. The Morgan fingerprint density at radius 3 is 3.00 bits per heavy atom. The summed E-state index contributed by atoms with van der Waals surface area (Å²) in [4.78, 5) is 11.7. The first-order valence-corrected chi connectivity index (χ1v) is 6.23. The van der Waals surface area contributed by atoms with Gasteiger partial charge in [-0.2, -0.15) is 5.21 Å². The third kappa shape index (κ3) is 3.75. The summed E-state index contributed by atoms with van der Waals surface area (Å²) in [6.07, 6.45) is 0. The zero-order chi connectivity index (χ0) is 14.4. The molecule has 0 aliphatic heterocycles. The van der Waals surface area contributed by atoms with Crippen LogP contribution < -0.4 is 16.0 Å². The summed E-state index contributed by atoms with van der Waals surface area (Å²) in [6, 6.07) is 7.57. The van der Waals surface area contributed by atoms with Gasteiger partial charge in [0.15, 0.2) is 5.82 Å². The number of nitrogens with zero attached hydrogens (tertiary/aromatic N) is 3. The van der Waals surface area contributed by atoms with Crippen molar-refractivity contribution in [2.24, 2.45) is 0 Å². The van der Waals surface area contributed by atoms with Crippen LogP contribution in [0.2, 0.25) is 0 Å². The maximum atomic E-state index is 11.7. The van der Waals surface area contributed by atoms with Gasteiger partial charge in [0.05, 0.1) is 6.54 Å². The predicted molar refractivity (Wildman–Crippen MR) is 74.0 cm³/mol. The van der Waals surface area contributed by atoms with E-state index in [1.807, 2.05) is 31.3 Å². The molecule has 0 fully saturated rings. The number of amides is 2. The minimum atomic E-state index is -0.316. The highest BCUT2D eigenvalue weighted by atomic mass is 16.2. The fraction of sp³-hybridized carbons (Fsp3) is 0.333. The average molecular weight is 275 g/mol. The summed E-state index contributed by atoms with van der Waals surface area (Å²) < 4.78 is 0. The van der Waals surface area contributed by atoms with Crippen molar-refractivity contribution in [3.63, 3.8) is 0 Å². The Morgan fingerprint density at radius 1 is 1.45 bits per heavy atom.